The Bertz CT molecular complexity index is 235. The van der Waals surface area contributed by atoms with E-state index < -0.39 is 0 Å². The first-order valence-corrected chi connectivity index (χ1v) is 8.53. The van der Waals surface area contributed by atoms with Crippen molar-refractivity contribution in [1.82, 2.24) is 5.43 Å². The van der Waals surface area contributed by atoms with Crippen molar-refractivity contribution in [2.45, 2.75) is 96.4 Å². The molecule has 19 heavy (non-hydrogen) atoms. The summed E-state index contributed by atoms with van der Waals surface area (Å²) >= 11 is 0. The molecule has 0 aromatic rings. The Labute approximate surface area is 120 Å². The number of hydrogen-bond donors (Lipinski definition) is 2. The van der Waals surface area contributed by atoms with Gasteiger partial charge in [0.2, 0.25) is 0 Å². The summed E-state index contributed by atoms with van der Waals surface area (Å²) in [6, 6.07) is 0.435. The molecule has 0 bridgehead atoms. The second-order valence-electron chi connectivity index (χ2n) is 6.01. The molecule has 0 spiro atoms. The molecule has 1 unspecified atom stereocenters. The van der Waals surface area contributed by atoms with Crippen molar-refractivity contribution in [1.29, 1.82) is 0 Å². The van der Waals surface area contributed by atoms with E-state index in [4.69, 9.17) is 5.84 Å². The van der Waals surface area contributed by atoms with E-state index in [0.717, 1.165) is 0 Å². The monoisotopic (exact) mass is 266 g/mol. The van der Waals surface area contributed by atoms with Crippen molar-refractivity contribution >= 4 is 0 Å². The minimum Gasteiger partial charge on any atom is -0.271 e. The first kappa shape index (κ1) is 16.7. The molecule has 1 atom stereocenters. The van der Waals surface area contributed by atoms with Gasteiger partial charge in [-0.15, -0.1) is 0 Å². The lowest BCUT2D eigenvalue weighted by Crippen LogP contribution is -2.36. The molecule has 3 N–H and O–H groups in total. The smallest absolute Gasteiger partial charge is 0.0419 e. The summed E-state index contributed by atoms with van der Waals surface area (Å²) in [5.41, 5.74) is 4.63. The fourth-order valence-electron chi connectivity index (χ4n) is 3.04. The molecule has 0 amide bonds. The molecule has 0 aromatic carbocycles. The highest BCUT2D eigenvalue weighted by atomic mass is 15.2. The summed E-state index contributed by atoms with van der Waals surface area (Å²) < 4.78 is 0. The molecule has 2 heteroatoms. The van der Waals surface area contributed by atoms with Gasteiger partial charge in [0.15, 0.2) is 0 Å². The normalized spacial score (nSPS) is 18.5. The maximum absolute atomic E-state index is 5.77. The second-order valence-corrected chi connectivity index (χ2v) is 6.01. The highest BCUT2D eigenvalue weighted by molar-refractivity contribution is 5.11. The van der Waals surface area contributed by atoms with Crippen LogP contribution in [0.4, 0.5) is 0 Å². The predicted molar refractivity (Wildman–Crippen MR) is 84.9 cm³/mol. The Balaban J connectivity index is 2.23. The van der Waals surface area contributed by atoms with Crippen LogP contribution in [0.2, 0.25) is 0 Å². The van der Waals surface area contributed by atoms with Crippen molar-refractivity contribution in [3.05, 3.63) is 11.6 Å². The fourth-order valence-corrected chi connectivity index (χ4v) is 3.04. The zero-order chi connectivity index (χ0) is 13.8. The van der Waals surface area contributed by atoms with Crippen molar-refractivity contribution in [3.8, 4) is 0 Å². The average molecular weight is 266 g/mol. The number of hydrogen-bond acceptors (Lipinski definition) is 2. The van der Waals surface area contributed by atoms with Gasteiger partial charge in [-0.25, -0.2) is 0 Å². The number of rotatable bonds is 9. The standard InChI is InChI=1S/C17H34N2/c1-2-3-4-5-9-12-15-17(19-18)16-13-10-7-6-8-11-14-16/h13,17,19H,2-12,14-15,18H2,1H3. The molecule has 1 aliphatic carbocycles. The maximum atomic E-state index is 5.77. The van der Waals surface area contributed by atoms with Crippen LogP contribution in [-0.4, -0.2) is 6.04 Å². The Hall–Kier alpha value is -0.340. The van der Waals surface area contributed by atoms with Gasteiger partial charge < -0.3 is 0 Å². The number of allylic oxidation sites excluding steroid dienone is 1. The summed E-state index contributed by atoms with van der Waals surface area (Å²) in [6.07, 6.45) is 19.9. The van der Waals surface area contributed by atoms with Crippen LogP contribution in [0.25, 0.3) is 0 Å². The molecule has 0 saturated heterocycles. The summed E-state index contributed by atoms with van der Waals surface area (Å²) in [7, 11) is 0. The van der Waals surface area contributed by atoms with Gasteiger partial charge in [-0.1, -0.05) is 69.9 Å². The lowest BCUT2D eigenvalue weighted by Gasteiger charge is -2.21. The first-order valence-electron chi connectivity index (χ1n) is 8.53. The van der Waals surface area contributed by atoms with Crippen LogP contribution in [0.5, 0.6) is 0 Å². The molecule has 0 radical (unpaired) electrons. The zero-order valence-corrected chi connectivity index (χ0v) is 12.9. The first-order chi connectivity index (χ1) is 9.38. The molecule has 0 heterocycles. The summed E-state index contributed by atoms with van der Waals surface area (Å²) in [4.78, 5) is 0. The van der Waals surface area contributed by atoms with Gasteiger partial charge in [-0.3, -0.25) is 11.3 Å². The minimum atomic E-state index is 0.435. The van der Waals surface area contributed by atoms with E-state index in [1.165, 1.54) is 83.5 Å². The molecular weight excluding hydrogens is 232 g/mol. The third kappa shape index (κ3) is 7.74. The SMILES string of the molecule is CCCCCCCCC(NN)C1=CCCCCCC1. The highest BCUT2D eigenvalue weighted by Crippen LogP contribution is 2.22. The lowest BCUT2D eigenvalue weighted by molar-refractivity contribution is 0.482. The molecule has 2 nitrogen and oxygen atoms in total. The molecule has 0 aliphatic heterocycles. The van der Waals surface area contributed by atoms with Crippen LogP contribution in [0.3, 0.4) is 0 Å². The van der Waals surface area contributed by atoms with Gasteiger partial charge in [0.25, 0.3) is 0 Å². The summed E-state index contributed by atoms with van der Waals surface area (Å²) in [5.74, 6) is 5.77. The molecule has 0 saturated carbocycles. The van der Waals surface area contributed by atoms with Gasteiger partial charge in [-0.05, 0) is 32.1 Å². The Morgan fingerprint density at radius 3 is 2.58 bits per heavy atom. The lowest BCUT2D eigenvalue weighted by atomic mass is 9.92. The van der Waals surface area contributed by atoms with Crippen LogP contribution in [0.15, 0.2) is 11.6 Å². The minimum absolute atomic E-state index is 0.435. The fraction of sp³-hybridized carbons (Fsp3) is 0.882. The van der Waals surface area contributed by atoms with E-state index in [2.05, 4.69) is 18.4 Å². The van der Waals surface area contributed by atoms with E-state index >= 15 is 0 Å². The quantitative estimate of drug-likeness (QED) is 0.271. The van der Waals surface area contributed by atoms with Crippen LogP contribution in [-0.2, 0) is 0 Å². The van der Waals surface area contributed by atoms with Gasteiger partial charge in [-0.2, -0.15) is 0 Å². The Kier molecular flexibility index (Phi) is 10.1. The number of hydrazine groups is 1. The van der Waals surface area contributed by atoms with Crippen LogP contribution >= 0.6 is 0 Å². The Morgan fingerprint density at radius 2 is 1.79 bits per heavy atom. The van der Waals surface area contributed by atoms with Crippen LogP contribution < -0.4 is 11.3 Å². The number of unbranched alkanes of at least 4 members (excludes halogenated alkanes) is 5. The van der Waals surface area contributed by atoms with Crippen LogP contribution in [0.1, 0.15) is 90.4 Å². The largest absolute Gasteiger partial charge is 0.271 e. The molecule has 0 fully saturated rings. The number of nitrogens with two attached hydrogens (primary N) is 1. The van der Waals surface area contributed by atoms with Crippen molar-refractivity contribution in [3.63, 3.8) is 0 Å². The van der Waals surface area contributed by atoms with Crippen molar-refractivity contribution in [2.24, 2.45) is 5.84 Å². The van der Waals surface area contributed by atoms with Crippen molar-refractivity contribution in [2.75, 3.05) is 0 Å². The van der Waals surface area contributed by atoms with Gasteiger partial charge in [0, 0.05) is 6.04 Å². The third-order valence-corrected chi connectivity index (χ3v) is 4.32. The molecule has 112 valence electrons. The van der Waals surface area contributed by atoms with E-state index in [9.17, 15) is 0 Å². The van der Waals surface area contributed by atoms with Crippen LogP contribution in [0, 0.1) is 0 Å². The topological polar surface area (TPSA) is 38.0 Å². The number of nitrogens with one attached hydrogen (secondary N) is 1. The van der Waals surface area contributed by atoms with E-state index in [-0.39, 0.29) is 0 Å². The maximum Gasteiger partial charge on any atom is 0.0419 e. The van der Waals surface area contributed by atoms with E-state index in [1.54, 1.807) is 5.57 Å². The van der Waals surface area contributed by atoms with Crippen molar-refractivity contribution < 1.29 is 0 Å². The highest BCUT2D eigenvalue weighted by Gasteiger charge is 2.13. The summed E-state index contributed by atoms with van der Waals surface area (Å²) in [6.45, 7) is 2.27. The zero-order valence-electron chi connectivity index (χ0n) is 12.9. The predicted octanol–water partition coefficient (Wildman–Crippen LogP) is 4.85. The molecule has 0 aromatic heterocycles. The van der Waals surface area contributed by atoms with E-state index in [1.807, 2.05) is 0 Å². The second kappa shape index (κ2) is 11.5. The Morgan fingerprint density at radius 1 is 1.05 bits per heavy atom. The van der Waals surface area contributed by atoms with Gasteiger partial charge in [0.1, 0.15) is 0 Å². The molecular formula is C17H34N2. The molecule has 1 aliphatic rings. The molecule has 1 rings (SSSR count). The third-order valence-electron chi connectivity index (χ3n) is 4.32. The van der Waals surface area contributed by atoms with Gasteiger partial charge in [0.05, 0.1) is 0 Å². The average Bonchev–Trinajstić information content (AvgIpc) is 2.39. The van der Waals surface area contributed by atoms with E-state index in [0.29, 0.717) is 6.04 Å². The summed E-state index contributed by atoms with van der Waals surface area (Å²) in [5, 5.41) is 0. The van der Waals surface area contributed by atoms with Gasteiger partial charge >= 0.3 is 0 Å².